The summed E-state index contributed by atoms with van der Waals surface area (Å²) in [5.41, 5.74) is 0.946. The van der Waals surface area contributed by atoms with Crippen molar-refractivity contribution >= 4 is 29.3 Å². The van der Waals surface area contributed by atoms with E-state index in [0.29, 0.717) is 11.3 Å². The first kappa shape index (κ1) is 14.4. The Morgan fingerprint density at radius 2 is 2.00 bits per heavy atom. The maximum absolute atomic E-state index is 12.5. The van der Waals surface area contributed by atoms with E-state index in [0.717, 1.165) is 24.6 Å². The first-order valence-corrected chi connectivity index (χ1v) is 7.50. The van der Waals surface area contributed by atoms with Gasteiger partial charge in [-0.15, -0.1) is 0 Å². The van der Waals surface area contributed by atoms with E-state index >= 15 is 0 Å². The summed E-state index contributed by atoms with van der Waals surface area (Å²) in [6.45, 7) is 1.45. The van der Waals surface area contributed by atoms with Gasteiger partial charge in [0.05, 0.1) is 17.3 Å². The molecule has 1 aromatic rings. The summed E-state index contributed by atoms with van der Waals surface area (Å²) >= 11 is 1.83. The molecule has 0 saturated carbocycles. The van der Waals surface area contributed by atoms with E-state index < -0.39 is 5.91 Å². The number of anilines is 1. The van der Waals surface area contributed by atoms with Crippen LogP contribution in [0.15, 0.2) is 24.3 Å². The molecule has 0 aromatic heterocycles. The Balaban J connectivity index is 2.16. The van der Waals surface area contributed by atoms with Gasteiger partial charge in [-0.3, -0.25) is 9.59 Å². The normalized spacial score (nSPS) is 14.4. The van der Waals surface area contributed by atoms with Crippen molar-refractivity contribution in [3.63, 3.8) is 0 Å². The number of hydrogen-bond acceptors (Lipinski definition) is 4. The lowest BCUT2D eigenvalue weighted by atomic mass is 10.1. The molecule has 1 saturated heterocycles. The van der Waals surface area contributed by atoms with Crippen LogP contribution in [-0.4, -0.2) is 41.3 Å². The largest absolute Gasteiger partial charge is 0.337 e. The van der Waals surface area contributed by atoms with Crippen LogP contribution in [0.3, 0.4) is 0 Å². The average Bonchev–Trinajstić information content (AvgIpc) is 2.48. The van der Waals surface area contributed by atoms with Crippen molar-refractivity contribution in [1.29, 1.82) is 5.26 Å². The summed E-state index contributed by atoms with van der Waals surface area (Å²) < 4.78 is 0. The molecule has 1 aliphatic rings. The Morgan fingerprint density at radius 3 is 2.70 bits per heavy atom. The number of carbonyl (C=O) groups is 2. The maximum atomic E-state index is 12.5. The number of carbonyl (C=O) groups excluding carboxylic acids is 2. The van der Waals surface area contributed by atoms with Crippen LogP contribution in [-0.2, 0) is 4.79 Å². The Morgan fingerprint density at radius 1 is 1.30 bits per heavy atom. The molecule has 0 unspecified atom stereocenters. The summed E-state index contributed by atoms with van der Waals surface area (Å²) in [6.07, 6.45) is -0.219. The maximum Gasteiger partial charge on any atom is 0.256 e. The fourth-order valence-corrected chi connectivity index (χ4v) is 2.88. The molecule has 1 heterocycles. The van der Waals surface area contributed by atoms with Gasteiger partial charge in [-0.1, -0.05) is 12.1 Å². The number of hydrogen-bond donors (Lipinski definition) is 1. The van der Waals surface area contributed by atoms with Gasteiger partial charge in [0.1, 0.15) is 6.42 Å². The van der Waals surface area contributed by atoms with Crippen molar-refractivity contribution in [3.8, 4) is 6.07 Å². The Labute approximate surface area is 121 Å². The Bertz CT molecular complexity index is 548. The number of nitrogens with zero attached hydrogens (tertiary/aromatic N) is 2. The molecule has 0 atom stereocenters. The van der Waals surface area contributed by atoms with Gasteiger partial charge in [-0.25, -0.2) is 0 Å². The second-order valence-corrected chi connectivity index (χ2v) is 5.56. The highest BCUT2D eigenvalue weighted by Gasteiger charge is 2.21. The minimum absolute atomic E-state index is 0.0712. The summed E-state index contributed by atoms with van der Waals surface area (Å²) in [6, 6.07) is 8.70. The van der Waals surface area contributed by atoms with Crippen molar-refractivity contribution in [1.82, 2.24) is 4.90 Å². The zero-order valence-corrected chi connectivity index (χ0v) is 11.8. The smallest absolute Gasteiger partial charge is 0.256 e. The lowest BCUT2D eigenvalue weighted by Crippen LogP contribution is -2.38. The average molecular weight is 289 g/mol. The summed E-state index contributed by atoms with van der Waals surface area (Å²) in [5.74, 6) is 1.41. The predicted octanol–water partition coefficient (Wildman–Crippen LogP) is 1.73. The molecule has 104 valence electrons. The van der Waals surface area contributed by atoms with Crippen molar-refractivity contribution in [2.45, 2.75) is 6.42 Å². The molecule has 0 aliphatic carbocycles. The monoisotopic (exact) mass is 289 g/mol. The molecule has 1 aliphatic heterocycles. The van der Waals surface area contributed by atoms with E-state index in [1.165, 1.54) is 0 Å². The number of benzene rings is 1. The minimum atomic E-state index is -0.401. The van der Waals surface area contributed by atoms with E-state index in [-0.39, 0.29) is 12.3 Å². The lowest BCUT2D eigenvalue weighted by Gasteiger charge is -2.27. The molecule has 0 bridgehead atoms. The Kier molecular flexibility index (Phi) is 5.02. The van der Waals surface area contributed by atoms with Crippen LogP contribution in [0.4, 0.5) is 5.69 Å². The highest BCUT2D eigenvalue weighted by atomic mass is 32.2. The standard InChI is InChI=1S/C14H15N3O2S/c15-6-5-13(18)16-12-4-2-1-3-11(12)14(19)17-7-9-20-10-8-17/h1-4H,5,7-10H2,(H,16,18). The zero-order valence-electron chi connectivity index (χ0n) is 11.0. The van der Waals surface area contributed by atoms with Gasteiger partial charge >= 0.3 is 0 Å². The van der Waals surface area contributed by atoms with Gasteiger partial charge in [-0.2, -0.15) is 17.0 Å². The van der Waals surface area contributed by atoms with Crippen molar-refractivity contribution in [3.05, 3.63) is 29.8 Å². The second kappa shape index (κ2) is 6.96. The molecule has 0 radical (unpaired) electrons. The quantitative estimate of drug-likeness (QED) is 0.919. The van der Waals surface area contributed by atoms with E-state index in [1.54, 1.807) is 35.2 Å². The van der Waals surface area contributed by atoms with Gasteiger partial charge in [0, 0.05) is 24.6 Å². The SMILES string of the molecule is N#CCC(=O)Nc1ccccc1C(=O)N1CCSCC1. The number of nitrogens with one attached hydrogen (secondary N) is 1. The predicted molar refractivity (Wildman–Crippen MR) is 78.5 cm³/mol. The van der Waals surface area contributed by atoms with Gasteiger partial charge < -0.3 is 10.2 Å². The van der Waals surface area contributed by atoms with E-state index in [9.17, 15) is 9.59 Å². The van der Waals surface area contributed by atoms with Crippen molar-refractivity contribution < 1.29 is 9.59 Å². The van der Waals surface area contributed by atoms with Crippen LogP contribution in [0.2, 0.25) is 0 Å². The minimum Gasteiger partial charge on any atom is -0.337 e. The molecule has 2 amide bonds. The summed E-state index contributed by atoms with van der Waals surface area (Å²) in [4.78, 5) is 25.8. The molecular weight excluding hydrogens is 274 g/mol. The molecule has 1 fully saturated rings. The van der Waals surface area contributed by atoms with Crippen LogP contribution in [0.5, 0.6) is 0 Å². The van der Waals surface area contributed by atoms with Crippen molar-refractivity contribution in [2.75, 3.05) is 29.9 Å². The van der Waals surface area contributed by atoms with Crippen LogP contribution >= 0.6 is 11.8 Å². The van der Waals surface area contributed by atoms with E-state index in [1.807, 2.05) is 11.8 Å². The van der Waals surface area contributed by atoms with Gasteiger partial charge in [0.15, 0.2) is 0 Å². The van der Waals surface area contributed by atoms with Crippen LogP contribution in [0.25, 0.3) is 0 Å². The summed E-state index contributed by atoms with van der Waals surface area (Å²) in [7, 11) is 0. The van der Waals surface area contributed by atoms with Crippen molar-refractivity contribution in [2.24, 2.45) is 0 Å². The third-order valence-electron chi connectivity index (χ3n) is 2.97. The van der Waals surface area contributed by atoms with Crippen LogP contribution in [0, 0.1) is 11.3 Å². The van der Waals surface area contributed by atoms with Gasteiger partial charge in [-0.05, 0) is 12.1 Å². The number of rotatable bonds is 3. The molecule has 20 heavy (non-hydrogen) atoms. The lowest BCUT2D eigenvalue weighted by molar-refractivity contribution is -0.115. The zero-order chi connectivity index (χ0) is 14.4. The van der Waals surface area contributed by atoms with E-state index in [4.69, 9.17) is 5.26 Å². The number of amides is 2. The molecule has 0 spiro atoms. The van der Waals surface area contributed by atoms with Gasteiger partial charge in [0.2, 0.25) is 5.91 Å². The fourth-order valence-electron chi connectivity index (χ4n) is 1.98. The number of para-hydroxylation sites is 1. The third kappa shape index (κ3) is 3.52. The molecule has 1 N–H and O–H groups in total. The highest BCUT2D eigenvalue weighted by molar-refractivity contribution is 7.99. The molecular formula is C14H15N3O2S. The third-order valence-corrected chi connectivity index (χ3v) is 3.91. The molecule has 6 heteroatoms. The van der Waals surface area contributed by atoms with E-state index in [2.05, 4.69) is 5.32 Å². The highest BCUT2D eigenvalue weighted by Crippen LogP contribution is 2.19. The first-order valence-electron chi connectivity index (χ1n) is 6.35. The molecule has 5 nitrogen and oxygen atoms in total. The fraction of sp³-hybridized carbons (Fsp3) is 0.357. The Hall–Kier alpha value is -2.00. The topological polar surface area (TPSA) is 73.2 Å². The molecule has 2 rings (SSSR count). The second-order valence-electron chi connectivity index (χ2n) is 4.33. The van der Waals surface area contributed by atoms with Gasteiger partial charge in [0.25, 0.3) is 5.91 Å². The number of nitriles is 1. The number of thioether (sulfide) groups is 1. The molecule has 1 aromatic carbocycles. The van der Waals surface area contributed by atoms with Crippen LogP contribution in [0.1, 0.15) is 16.8 Å². The summed E-state index contributed by atoms with van der Waals surface area (Å²) in [5, 5.41) is 11.1. The first-order chi connectivity index (χ1) is 9.72. The van der Waals surface area contributed by atoms with Crippen LogP contribution < -0.4 is 5.32 Å².